The number of nitrogens with two attached hydrogens (primary N) is 2. The van der Waals surface area contributed by atoms with Crippen molar-refractivity contribution in [3.8, 4) is 5.75 Å². The van der Waals surface area contributed by atoms with Crippen LogP contribution in [0.1, 0.15) is 44.4 Å². The van der Waals surface area contributed by atoms with Gasteiger partial charge in [-0.05, 0) is 36.5 Å². The average Bonchev–Trinajstić information content (AvgIpc) is 3.40. The summed E-state index contributed by atoms with van der Waals surface area (Å²) in [6.45, 7) is 3.63. The van der Waals surface area contributed by atoms with Crippen molar-refractivity contribution in [2.45, 2.75) is 70.1 Å². The molecular formula is C26H37N7O7. The molecule has 1 aromatic carbocycles. The Kier molecular flexibility index (Phi) is 12.1. The molecule has 10 N–H and O–H groups in total. The van der Waals surface area contributed by atoms with E-state index in [9.17, 15) is 34.2 Å². The highest BCUT2D eigenvalue weighted by Gasteiger charge is 2.31. The molecule has 2 aromatic rings. The number of hydrogen-bond acceptors (Lipinski definition) is 8. The van der Waals surface area contributed by atoms with Gasteiger partial charge in [0.25, 0.3) is 0 Å². The molecule has 0 spiro atoms. The minimum Gasteiger partial charge on any atom is -0.508 e. The van der Waals surface area contributed by atoms with Crippen molar-refractivity contribution in [2.24, 2.45) is 17.4 Å². The molecule has 0 aliphatic rings. The van der Waals surface area contributed by atoms with Crippen LogP contribution < -0.4 is 27.4 Å². The van der Waals surface area contributed by atoms with Crippen LogP contribution in [-0.4, -0.2) is 73.9 Å². The number of benzene rings is 1. The zero-order valence-corrected chi connectivity index (χ0v) is 22.4. The molecule has 4 unspecified atom stereocenters. The second-order valence-corrected chi connectivity index (χ2v) is 9.91. The number of primary amides is 1. The predicted molar refractivity (Wildman–Crippen MR) is 143 cm³/mol. The summed E-state index contributed by atoms with van der Waals surface area (Å²) in [6.07, 6.45) is 2.81. The third-order valence-electron chi connectivity index (χ3n) is 5.98. The second-order valence-electron chi connectivity index (χ2n) is 9.91. The van der Waals surface area contributed by atoms with Gasteiger partial charge in [-0.15, -0.1) is 0 Å². The Labute approximate surface area is 231 Å². The largest absolute Gasteiger partial charge is 0.508 e. The molecule has 2 rings (SSSR count). The van der Waals surface area contributed by atoms with Gasteiger partial charge in [0, 0.05) is 31.2 Å². The van der Waals surface area contributed by atoms with Crippen molar-refractivity contribution >= 4 is 29.6 Å². The molecule has 4 atom stereocenters. The average molecular weight is 560 g/mol. The Morgan fingerprint density at radius 1 is 0.925 bits per heavy atom. The molecule has 0 bridgehead atoms. The normalized spacial score (nSPS) is 14.0. The first kappa shape index (κ1) is 31.8. The van der Waals surface area contributed by atoms with Crippen molar-refractivity contribution in [3.63, 3.8) is 0 Å². The van der Waals surface area contributed by atoms with E-state index in [2.05, 4.69) is 25.9 Å². The minimum absolute atomic E-state index is 0.00618. The molecule has 14 nitrogen and oxygen atoms in total. The maximum absolute atomic E-state index is 13.4. The van der Waals surface area contributed by atoms with Gasteiger partial charge in [0.1, 0.15) is 23.9 Å². The standard InChI is InChI=1S/C26H37N7O7/c1-14(2)9-21(26(39)40)33-24(37)19(10-15-3-5-17(34)6-4-15)32-25(38)20(11-16-12-29-13-30-16)31-23(36)18(27)7-8-22(28)35/h3-6,12-14,18-21,34H,7-11,27H2,1-2H3,(H2,28,35)(H,29,30)(H,31,36)(H,32,38)(H,33,37)(H,39,40). The lowest BCUT2D eigenvalue weighted by molar-refractivity contribution is -0.142. The lowest BCUT2D eigenvalue weighted by Gasteiger charge is -2.25. The van der Waals surface area contributed by atoms with Crippen molar-refractivity contribution in [1.29, 1.82) is 0 Å². The number of nitrogens with zero attached hydrogens (tertiary/aromatic N) is 1. The predicted octanol–water partition coefficient (Wildman–Crippen LogP) is -0.922. The van der Waals surface area contributed by atoms with E-state index in [0.29, 0.717) is 11.3 Å². The van der Waals surface area contributed by atoms with Gasteiger partial charge in [0.2, 0.25) is 23.6 Å². The number of phenols is 1. The number of aromatic hydroxyl groups is 1. The summed E-state index contributed by atoms with van der Waals surface area (Å²) in [5, 5.41) is 26.8. The number of aromatic nitrogens is 2. The zero-order chi connectivity index (χ0) is 29.8. The van der Waals surface area contributed by atoms with Crippen molar-refractivity contribution < 1.29 is 34.2 Å². The lowest BCUT2D eigenvalue weighted by Crippen LogP contribution is -2.58. The summed E-state index contributed by atoms with van der Waals surface area (Å²) in [5.41, 5.74) is 12.1. The molecule has 0 aliphatic carbocycles. The molecule has 0 aliphatic heterocycles. The summed E-state index contributed by atoms with van der Waals surface area (Å²) in [7, 11) is 0. The third kappa shape index (κ3) is 10.7. The van der Waals surface area contributed by atoms with Crippen LogP contribution in [0.4, 0.5) is 0 Å². The molecule has 1 heterocycles. The maximum atomic E-state index is 13.4. The minimum atomic E-state index is -1.23. The van der Waals surface area contributed by atoms with Crippen LogP contribution in [0.15, 0.2) is 36.8 Å². The first-order valence-electron chi connectivity index (χ1n) is 12.8. The highest BCUT2D eigenvalue weighted by Crippen LogP contribution is 2.13. The molecular weight excluding hydrogens is 522 g/mol. The highest BCUT2D eigenvalue weighted by molar-refractivity contribution is 5.94. The van der Waals surface area contributed by atoms with Crippen LogP contribution >= 0.6 is 0 Å². The van der Waals surface area contributed by atoms with E-state index < -0.39 is 53.8 Å². The van der Waals surface area contributed by atoms with E-state index in [1.54, 1.807) is 12.1 Å². The molecule has 1 aromatic heterocycles. The smallest absolute Gasteiger partial charge is 0.326 e. The number of aromatic amines is 1. The van der Waals surface area contributed by atoms with Gasteiger partial charge in [0.15, 0.2) is 0 Å². The molecule has 0 fully saturated rings. The second kappa shape index (κ2) is 15.2. The third-order valence-corrected chi connectivity index (χ3v) is 5.98. The van der Waals surface area contributed by atoms with Gasteiger partial charge in [-0.3, -0.25) is 19.2 Å². The van der Waals surface area contributed by atoms with Crippen molar-refractivity contribution in [1.82, 2.24) is 25.9 Å². The fourth-order valence-electron chi connectivity index (χ4n) is 3.85. The Morgan fingerprint density at radius 2 is 1.50 bits per heavy atom. The quantitative estimate of drug-likeness (QED) is 0.127. The number of H-pyrrole nitrogens is 1. The van der Waals surface area contributed by atoms with Crippen LogP contribution in [0.5, 0.6) is 5.75 Å². The van der Waals surface area contributed by atoms with E-state index in [-0.39, 0.29) is 43.8 Å². The molecule has 0 radical (unpaired) electrons. The number of nitrogens with one attached hydrogen (secondary N) is 4. The van der Waals surface area contributed by atoms with Gasteiger partial charge in [0.05, 0.1) is 12.4 Å². The van der Waals surface area contributed by atoms with E-state index >= 15 is 0 Å². The van der Waals surface area contributed by atoms with Gasteiger partial charge >= 0.3 is 5.97 Å². The van der Waals surface area contributed by atoms with Crippen LogP contribution in [0.2, 0.25) is 0 Å². The van der Waals surface area contributed by atoms with Crippen LogP contribution in [0.25, 0.3) is 0 Å². The highest BCUT2D eigenvalue weighted by atomic mass is 16.4. The monoisotopic (exact) mass is 559 g/mol. The fourth-order valence-corrected chi connectivity index (χ4v) is 3.85. The van der Waals surface area contributed by atoms with Gasteiger partial charge < -0.3 is 42.6 Å². The number of phenolic OH excluding ortho intramolecular Hbond substituents is 1. The van der Waals surface area contributed by atoms with E-state index in [1.807, 2.05) is 13.8 Å². The van der Waals surface area contributed by atoms with Crippen LogP contribution in [0, 0.1) is 5.92 Å². The zero-order valence-electron chi connectivity index (χ0n) is 22.4. The molecule has 0 saturated heterocycles. The molecule has 14 heteroatoms. The Hall–Kier alpha value is -4.46. The number of hydrogen-bond donors (Lipinski definition) is 8. The van der Waals surface area contributed by atoms with Crippen LogP contribution in [-0.2, 0) is 36.8 Å². The summed E-state index contributed by atoms with van der Waals surface area (Å²) in [5.74, 6) is -4.05. The summed E-state index contributed by atoms with van der Waals surface area (Å²) >= 11 is 0. The van der Waals surface area contributed by atoms with Crippen LogP contribution in [0.3, 0.4) is 0 Å². The number of carboxylic acids is 1. The summed E-state index contributed by atoms with van der Waals surface area (Å²) in [4.78, 5) is 69.0. The van der Waals surface area contributed by atoms with Gasteiger partial charge in [-0.1, -0.05) is 26.0 Å². The first-order valence-corrected chi connectivity index (χ1v) is 12.8. The topological polar surface area (TPSA) is 243 Å². The van der Waals surface area contributed by atoms with Crippen molar-refractivity contribution in [2.75, 3.05) is 0 Å². The molecule has 0 saturated carbocycles. The summed E-state index contributed by atoms with van der Waals surface area (Å²) in [6, 6.07) is 1.23. The Bertz CT molecular complexity index is 1150. The summed E-state index contributed by atoms with van der Waals surface area (Å²) < 4.78 is 0. The van der Waals surface area contributed by atoms with E-state index in [0.717, 1.165) is 0 Å². The number of rotatable bonds is 16. The van der Waals surface area contributed by atoms with Crippen molar-refractivity contribution in [3.05, 3.63) is 48.0 Å². The number of aliphatic carboxylic acids is 1. The first-order chi connectivity index (χ1) is 18.8. The number of carbonyl (C=O) groups excluding carboxylic acids is 4. The maximum Gasteiger partial charge on any atom is 0.326 e. The molecule has 40 heavy (non-hydrogen) atoms. The lowest BCUT2D eigenvalue weighted by atomic mass is 10.0. The Balaban J connectivity index is 2.28. The molecule has 218 valence electrons. The SMILES string of the molecule is CC(C)CC(NC(=O)C(Cc1ccc(O)cc1)NC(=O)C(Cc1cnc[nH]1)NC(=O)C(N)CCC(N)=O)C(=O)O. The fraction of sp³-hybridized carbons (Fsp3) is 0.462. The number of amides is 4. The van der Waals surface area contributed by atoms with Gasteiger partial charge in [-0.25, -0.2) is 9.78 Å². The molecule has 4 amide bonds. The number of carbonyl (C=O) groups is 5. The van der Waals surface area contributed by atoms with E-state index in [4.69, 9.17) is 11.5 Å². The van der Waals surface area contributed by atoms with Gasteiger partial charge in [-0.2, -0.15) is 0 Å². The Morgan fingerprint density at radius 3 is 2.02 bits per heavy atom. The van der Waals surface area contributed by atoms with E-state index in [1.165, 1.54) is 24.7 Å². The number of carboxylic acid groups (broad SMARTS) is 1. The number of imidazole rings is 1.